The number of aliphatic hydroxyl groups excluding tert-OH is 5. The second-order valence-electron chi connectivity index (χ2n) is 24.3. The van der Waals surface area contributed by atoms with Gasteiger partial charge in [0, 0.05) is 6.42 Å². The Kier molecular flexibility index (Phi) is 55.8. The number of rotatable bonds is 61. The van der Waals surface area contributed by atoms with Crippen LogP contribution in [0.4, 0.5) is 0 Å². The van der Waals surface area contributed by atoms with Crippen molar-refractivity contribution in [3.05, 3.63) is 12.2 Å². The van der Waals surface area contributed by atoms with Gasteiger partial charge in [0.1, 0.15) is 24.4 Å². The molecule has 1 aliphatic heterocycles. The maximum atomic E-state index is 13.1. The average Bonchev–Trinajstić information content (AvgIpc) is 3.43. The third-order valence-electron chi connectivity index (χ3n) is 16.9. The van der Waals surface area contributed by atoms with Crippen LogP contribution in [-0.2, 0) is 14.3 Å². The van der Waals surface area contributed by atoms with Gasteiger partial charge in [-0.2, -0.15) is 0 Å². The Morgan fingerprint density at radius 1 is 0.429 bits per heavy atom. The lowest BCUT2D eigenvalue weighted by molar-refractivity contribution is -0.302. The Balaban J connectivity index is 2.13. The molecule has 7 unspecified atom stereocenters. The molecule has 1 fully saturated rings. The van der Waals surface area contributed by atoms with E-state index in [4.69, 9.17) is 9.47 Å². The first-order chi connectivity index (χ1) is 37.8. The predicted molar refractivity (Wildman–Crippen MR) is 327 cm³/mol. The van der Waals surface area contributed by atoms with Gasteiger partial charge >= 0.3 is 0 Å². The van der Waals surface area contributed by atoms with Crippen LogP contribution in [0.3, 0.4) is 0 Å². The maximum Gasteiger partial charge on any atom is 0.220 e. The van der Waals surface area contributed by atoms with Crippen LogP contribution in [0.25, 0.3) is 0 Å². The zero-order chi connectivity index (χ0) is 55.8. The Bertz CT molecular complexity index is 1220. The second-order valence-corrected chi connectivity index (χ2v) is 24.3. The first kappa shape index (κ1) is 73.9. The summed E-state index contributed by atoms with van der Waals surface area (Å²) in [5, 5.41) is 54.8. The second kappa shape index (κ2) is 58.1. The van der Waals surface area contributed by atoms with E-state index in [1.807, 2.05) is 6.08 Å². The fourth-order valence-corrected chi connectivity index (χ4v) is 11.5. The molecule has 0 saturated carbocycles. The van der Waals surface area contributed by atoms with Crippen molar-refractivity contribution in [2.24, 2.45) is 0 Å². The van der Waals surface area contributed by atoms with E-state index in [1.165, 1.54) is 302 Å². The zero-order valence-corrected chi connectivity index (χ0v) is 51.3. The minimum atomic E-state index is -1.56. The van der Waals surface area contributed by atoms with Crippen LogP contribution in [-0.4, -0.2) is 87.5 Å². The van der Waals surface area contributed by atoms with E-state index in [2.05, 4.69) is 19.2 Å². The highest BCUT2D eigenvalue weighted by Gasteiger charge is 2.44. The lowest BCUT2D eigenvalue weighted by Crippen LogP contribution is -2.60. The van der Waals surface area contributed by atoms with Gasteiger partial charge < -0.3 is 40.3 Å². The Hall–Kier alpha value is -1.07. The lowest BCUT2D eigenvalue weighted by Gasteiger charge is -2.40. The summed E-state index contributed by atoms with van der Waals surface area (Å²) in [5.74, 6) is -0.167. The van der Waals surface area contributed by atoms with E-state index in [0.29, 0.717) is 6.42 Å². The van der Waals surface area contributed by atoms with Gasteiger partial charge in [-0.15, -0.1) is 0 Å². The van der Waals surface area contributed by atoms with Crippen molar-refractivity contribution in [2.45, 2.75) is 403 Å². The molecule has 1 amide bonds. The molecule has 0 radical (unpaired) electrons. The third kappa shape index (κ3) is 47.2. The molecule has 1 aliphatic rings. The maximum absolute atomic E-state index is 13.1. The molecular formula is C68H133NO8. The van der Waals surface area contributed by atoms with Gasteiger partial charge in [0.2, 0.25) is 5.91 Å². The molecule has 0 spiro atoms. The SMILES string of the molecule is CCCCCCCCCCCCCCCCCCCCCCCCCCC/C=C/C(O)C(COC1OC(CO)C(O)C(O)C1O)NC(=O)CCCCCCCCCCCCCCCCCCCCCCCCCCCCC. The highest BCUT2D eigenvalue weighted by Crippen LogP contribution is 2.24. The van der Waals surface area contributed by atoms with Crippen LogP contribution in [0.2, 0.25) is 0 Å². The molecule has 0 aromatic heterocycles. The predicted octanol–water partition coefficient (Wildman–Crippen LogP) is 18.3. The number of allylic oxidation sites excluding steroid dienone is 1. The van der Waals surface area contributed by atoms with Gasteiger partial charge in [-0.1, -0.05) is 347 Å². The van der Waals surface area contributed by atoms with Crippen molar-refractivity contribution in [3.63, 3.8) is 0 Å². The van der Waals surface area contributed by atoms with E-state index in [-0.39, 0.29) is 12.5 Å². The van der Waals surface area contributed by atoms with Gasteiger partial charge in [-0.25, -0.2) is 0 Å². The number of unbranched alkanes of at least 4 members (excludes halogenated alkanes) is 51. The van der Waals surface area contributed by atoms with Crippen molar-refractivity contribution in [1.82, 2.24) is 5.32 Å². The summed E-state index contributed by atoms with van der Waals surface area (Å²) in [4.78, 5) is 13.1. The summed E-state index contributed by atoms with van der Waals surface area (Å²) >= 11 is 0. The minimum absolute atomic E-state index is 0.167. The van der Waals surface area contributed by atoms with Crippen LogP contribution in [0, 0.1) is 0 Å². The molecule has 9 heteroatoms. The van der Waals surface area contributed by atoms with Crippen LogP contribution in [0.1, 0.15) is 361 Å². The minimum Gasteiger partial charge on any atom is -0.394 e. The summed E-state index contributed by atoms with van der Waals surface area (Å²) in [5.41, 5.74) is 0. The highest BCUT2D eigenvalue weighted by atomic mass is 16.7. The molecule has 6 N–H and O–H groups in total. The number of aliphatic hydroxyl groups is 5. The van der Waals surface area contributed by atoms with Gasteiger partial charge in [-0.3, -0.25) is 4.79 Å². The van der Waals surface area contributed by atoms with Crippen LogP contribution in [0.15, 0.2) is 12.2 Å². The molecule has 1 rings (SSSR count). The molecule has 0 aliphatic carbocycles. The molecule has 77 heavy (non-hydrogen) atoms. The molecule has 0 aromatic rings. The molecule has 458 valence electrons. The largest absolute Gasteiger partial charge is 0.394 e. The standard InChI is InChI=1S/C68H133NO8/c1-3-5-7-9-11-13-15-17-19-21-23-25-27-29-31-33-35-37-39-41-43-45-47-49-51-53-55-57-62(71)61(60-76-68-67(75)66(74)65(73)63(59-70)77-68)69-64(72)58-56-54-52-50-48-46-44-42-40-38-36-34-32-30-28-26-24-22-20-18-16-14-12-10-8-6-4-2/h55,57,61-63,65-68,70-71,73-75H,3-54,56,58-60H2,1-2H3,(H,69,72)/b57-55+. The third-order valence-corrected chi connectivity index (χ3v) is 16.9. The molecule has 1 saturated heterocycles. The van der Waals surface area contributed by atoms with Crippen molar-refractivity contribution < 1.29 is 39.8 Å². The van der Waals surface area contributed by atoms with Gasteiger partial charge in [0.15, 0.2) is 6.29 Å². The van der Waals surface area contributed by atoms with Gasteiger partial charge in [-0.05, 0) is 19.3 Å². The smallest absolute Gasteiger partial charge is 0.220 e. The normalized spacial score (nSPS) is 18.7. The van der Waals surface area contributed by atoms with Gasteiger partial charge in [0.25, 0.3) is 0 Å². The molecular weight excluding hydrogens is 959 g/mol. The lowest BCUT2D eigenvalue weighted by atomic mass is 9.99. The number of amides is 1. The number of nitrogens with one attached hydrogen (secondary N) is 1. The van der Waals surface area contributed by atoms with E-state index >= 15 is 0 Å². The number of carbonyl (C=O) groups is 1. The molecule has 7 atom stereocenters. The first-order valence-electron chi connectivity index (χ1n) is 34.4. The van der Waals surface area contributed by atoms with E-state index in [0.717, 1.165) is 38.5 Å². The number of ether oxygens (including phenoxy) is 2. The topological polar surface area (TPSA) is 149 Å². The van der Waals surface area contributed by atoms with Crippen LogP contribution < -0.4 is 5.32 Å². The fourth-order valence-electron chi connectivity index (χ4n) is 11.5. The summed E-state index contributed by atoms with van der Waals surface area (Å²) < 4.78 is 11.3. The Morgan fingerprint density at radius 3 is 1.01 bits per heavy atom. The summed E-state index contributed by atoms with van der Waals surface area (Å²) in [6, 6.07) is -0.802. The molecule has 9 nitrogen and oxygen atoms in total. The van der Waals surface area contributed by atoms with Crippen molar-refractivity contribution in [2.75, 3.05) is 13.2 Å². The van der Waals surface area contributed by atoms with Crippen LogP contribution in [0.5, 0.6) is 0 Å². The summed E-state index contributed by atoms with van der Waals surface area (Å²) in [6.07, 6.45) is 67.4. The van der Waals surface area contributed by atoms with Crippen molar-refractivity contribution >= 4 is 5.91 Å². The number of hydrogen-bond acceptors (Lipinski definition) is 8. The first-order valence-corrected chi connectivity index (χ1v) is 34.4. The van der Waals surface area contributed by atoms with Crippen molar-refractivity contribution in [1.29, 1.82) is 0 Å². The highest BCUT2D eigenvalue weighted by molar-refractivity contribution is 5.76. The van der Waals surface area contributed by atoms with Crippen molar-refractivity contribution in [3.8, 4) is 0 Å². The van der Waals surface area contributed by atoms with Gasteiger partial charge in [0.05, 0.1) is 25.4 Å². The Morgan fingerprint density at radius 2 is 0.714 bits per heavy atom. The van der Waals surface area contributed by atoms with E-state index < -0.39 is 49.5 Å². The molecule has 0 bridgehead atoms. The van der Waals surface area contributed by atoms with E-state index in [1.54, 1.807) is 6.08 Å². The quantitative estimate of drug-likeness (QED) is 0.0261. The van der Waals surface area contributed by atoms with E-state index in [9.17, 15) is 30.3 Å². The summed E-state index contributed by atoms with van der Waals surface area (Å²) in [7, 11) is 0. The fraction of sp³-hybridized carbons (Fsp3) is 0.956. The Labute approximate surface area is 477 Å². The average molecular weight is 1090 g/mol. The number of carbonyl (C=O) groups excluding carboxylic acids is 1. The monoisotopic (exact) mass is 1090 g/mol. The molecule has 1 heterocycles. The number of hydrogen-bond donors (Lipinski definition) is 6. The summed E-state index contributed by atoms with van der Waals surface area (Å²) in [6.45, 7) is 3.85. The van der Waals surface area contributed by atoms with Crippen LogP contribution >= 0.6 is 0 Å². The zero-order valence-electron chi connectivity index (χ0n) is 51.3. The molecule has 0 aromatic carbocycles.